The van der Waals surface area contributed by atoms with E-state index < -0.39 is 10.0 Å². The third kappa shape index (κ3) is 4.22. The highest BCUT2D eigenvalue weighted by molar-refractivity contribution is 7.89. The van der Waals surface area contributed by atoms with Gasteiger partial charge in [-0.2, -0.15) is 4.31 Å². The second-order valence-corrected chi connectivity index (χ2v) is 8.84. The summed E-state index contributed by atoms with van der Waals surface area (Å²) in [5.74, 6) is 0.412. The first-order valence-electron chi connectivity index (χ1n) is 9.21. The largest absolute Gasteiger partial charge is 0.337 e. The third-order valence-electron chi connectivity index (χ3n) is 5.15. The molecule has 7 nitrogen and oxygen atoms in total. The normalized spacial score (nSPS) is 16.4. The zero-order valence-corrected chi connectivity index (χ0v) is 16.8. The van der Waals surface area contributed by atoms with Gasteiger partial charge in [-0.1, -0.05) is 19.1 Å². The van der Waals surface area contributed by atoms with E-state index in [2.05, 4.69) is 17.2 Å². The van der Waals surface area contributed by atoms with Crippen molar-refractivity contribution in [1.29, 1.82) is 0 Å². The van der Waals surface area contributed by atoms with Crippen LogP contribution in [0.25, 0.3) is 0 Å². The number of imidazole rings is 1. The molecule has 0 atom stereocenters. The van der Waals surface area contributed by atoms with Crippen molar-refractivity contribution in [3.8, 4) is 0 Å². The number of aromatic nitrogens is 2. The number of amides is 1. The van der Waals surface area contributed by atoms with E-state index in [0.29, 0.717) is 31.8 Å². The minimum absolute atomic E-state index is 0.0509. The van der Waals surface area contributed by atoms with E-state index in [1.165, 1.54) is 16.1 Å². The number of nitrogens with one attached hydrogen (secondary N) is 1. The molecule has 0 radical (unpaired) electrons. The SMILES string of the molecule is CCc1ccc(NC(=O)C2CCN(S(=O)(=O)c3cn(C)c(C)n3)CC2)cc1. The van der Waals surface area contributed by atoms with Gasteiger partial charge in [0.25, 0.3) is 10.0 Å². The van der Waals surface area contributed by atoms with Crippen LogP contribution in [-0.2, 0) is 28.3 Å². The van der Waals surface area contributed by atoms with Gasteiger partial charge in [0.1, 0.15) is 5.82 Å². The Morgan fingerprint density at radius 3 is 2.37 bits per heavy atom. The Balaban J connectivity index is 1.59. The minimum atomic E-state index is -3.61. The zero-order valence-electron chi connectivity index (χ0n) is 16.0. The molecule has 27 heavy (non-hydrogen) atoms. The molecular weight excluding hydrogens is 364 g/mol. The lowest BCUT2D eigenvalue weighted by molar-refractivity contribution is -0.120. The summed E-state index contributed by atoms with van der Waals surface area (Å²) in [6.07, 6.45) is 3.49. The van der Waals surface area contributed by atoms with E-state index in [0.717, 1.165) is 12.1 Å². The minimum Gasteiger partial charge on any atom is -0.337 e. The molecule has 2 heterocycles. The molecule has 0 aliphatic carbocycles. The fourth-order valence-electron chi connectivity index (χ4n) is 3.21. The number of rotatable bonds is 5. The van der Waals surface area contributed by atoms with Crippen LogP contribution in [0.4, 0.5) is 5.69 Å². The highest BCUT2D eigenvalue weighted by atomic mass is 32.2. The standard InChI is InChI=1S/C19H26N4O3S/c1-4-15-5-7-17(8-6-15)21-19(24)16-9-11-23(12-10-16)27(25,26)18-13-22(3)14(2)20-18/h5-8,13,16H,4,9-12H2,1-3H3,(H,21,24). The fraction of sp³-hybridized carbons (Fsp3) is 0.474. The summed E-state index contributed by atoms with van der Waals surface area (Å²) >= 11 is 0. The molecule has 146 valence electrons. The number of nitrogens with zero attached hydrogens (tertiary/aromatic N) is 3. The first kappa shape index (κ1) is 19.6. The number of benzene rings is 1. The molecule has 1 aliphatic heterocycles. The van der Waals surface area contributed by atoms with Crippen LogP contribution in [-0.4, -0.2) is 41.3 Å². The maximum atomic E-state index is 12.7. The van der Waals surface area contributed by atoms with Gasteiger partial charge in [-0.3, -0.25) is 4.79 Å². The van der Waals surface area contributed by atoms with E-state index >= 15 is 0 Å². The molecule has 1 N–H and O–H groups in total. The molecular formula is C19H26N4O3S. The molecule has 1 aromatic heterocycles. The smallest absolute Gasteiger partial charge is 0.262 e. The van der Waals surface area contributed by atoms with E-state index in [1.54, 1.807) is 18.5 Å². The van der Waals surface area contributed by atoms with Gasteiger partial charge in [-0.05, 0) is 43.9 Å². The zero-order chi connectivity index (χ0) is 19.6. The molecule has 1 saturated heterocycles. The number of aryl methyl sites for hydroxylation is 3. The second-order valence-electron chi connectivity index (χ2n) is 6.96. The maximum absolute atomic E-state index is 12.7. The number of sulfonamides is 1. The topological polar surface area (TPSA) is 84.3 Å². The third-order valence-corrected chi connectivity index (χ3v) is 6.92. The lowest BCUT2D eigenvalue weighted by Crippen LogP contribution is -2.41. The number of carbonyl (C=O) groups is 1. The molecule has 0 bridgehead atoms. The average molecular weight is 391 g/mol. The first-order chi connectivity index (χ1) is 12.8. The number of hydrogen-bond donors (Lipinski definition) is 1. The predicted octanol–water partition coefficient (Wildman–Crippen LogP) is 2.33. The lowest BCUT2D eigenvalue weighted by atomic mass is 9.97. The molecule has 1 aliphatic rings. The quantitative estimate of drug-likeness (QED) is 0.849. The van der Waals surface area contributed by atoms with Crippen molar-refractivity contribution in [3.05, 3.63) is 41.9 Å². The Morgan fingerprint density at radius 1 is 1.22 bits per heavy atom. The van der Waals surface area contributed by atoms with Crippen LogP contribution >= 0.6 is 0 Å². The molecule has 1 fully saturated rings. The predicted molar refractivity (Wildman–Crippen MR) is 104 cm³/mol. The molecule has 8 heteroatoms. The van der Waals surface area contributed by atoms with Gasteiger partial charge < -0.3 is 9.88 Å². The van der Waals surface area contributed by atoms with Gasteiger partial charge in [0.2, 0.25) is 5.91 Å². The number of hydrogen-bond acceptors (Lipinski definition) is 4. The van der Waals surface area contributed by atoms with Crippen molar-refractivity contribution in [2.75, 3.05) is 18.4 Å². The summed E-state index contributed by atoms with van der Waals surface area (Å²) in [4.78, 5) is 16.6. The van der Waals surface area contributed by atoms with Crippen LogP contribution in [0.15, 0.2) is 35.5 Å². The van der Waals surface area contributed by atoms with Crippen LogP contribution in [0.5, 0.6) is 0 Å². The maximum Gasteiger partial charge on any atom is 0.262 e. The Kier molecular flexibility index (Phi) is 5.67. The Labute approximate surface area is 160 Å². The molecule has 0 spiro atoms. The fourth-order valence-corrected chi connectivity index (χ4v) is 4.70. The van der Waals surface area contributed by atoms with Crippen molar-refractivity contribution in [3.63, 3.8) is 0 Å². The van der Waals surface area contributed by atoms with Crippen molar-refractivity contribution < 1.29 is 13.2 Å². The summed E-state index contributed by atoms with van der Waals surface area (Å²) in [5.41, 5.74) is 1.99. The Morgan fingerprint density at radius 2 is 1.85 bits per heavy atom. The highest BCUT2D eigenvalue weighted by Crippen LogP contribution is 2.24. The monoisotopic (exact) mass is 390 g/mol. The van der Waals surface area contributed by atoms with Gasteiger partial charge in [0, 0.05) is 37.9 Å². The lowest BCUT2D eigenvalue weighted by Gasteiger charge is -2.29. The van der Waals surface area contributed by atoms with E-state index in [9.17, 15) is 13.2 Å². The molecule has 0 unspecified atom stereocenters. The van der Waals surface area contributed by atoms with Crippen LogP contribution < -0.4 is 5.32 Å². The molecule has 0 saturated carbocycles. The summed E-state index contributed by atoms with van der Waals surface area (Å²) < 4.78 is 28.6. The van der Waals surface area contributed by atoms with Crippen LogP contribution in [0.3, 0.4) is 0 Å². The average Bonchev–Trinajstić information content (AvgIpc) is 3.02. The van der Waals surface area contributed by atoms with Crippen molar-refractivity contribution in [2.24, 2.45) is 13.0 Å². The first-order valence-corrected chi connectivity index (χ1v) is 10.6. The summed E-state index contributed by atoms with van der Waals surface area (Å²) in [7, 11) is -1.84. The van der Waals surface area contributed by atoms with E-state index in [4.69, 9.17) is 0 Å². The van der Waals surface area contributed by atoms with E-state index in [1.807, 2.05) is 24.3 Å². The highest BCUT2D eigenvalue weighted by Gasteiger charge is 2.33. The summed E-state index contributed by atoms with van der Waals surface area (Å²) in [6.45, 7) is 4.50. The molecule has 1 aromatic carbocycles. The van der Waals surface area contributed by atoms with E-state index in [-0.39, 0.29) is 16.9 Å². The van der Waals surface area contributed by atoms with Crippen LogP contribution in [0.1, 0.15) is 31.2 Å². The summed E-state index contributed by atoms with van der Waals surface area (Å²) in [5, 5.41) is 3.01. The van der Waals surface area contributed by atoms with Crippen molar-refractivity contribution >= 4 is 21.6 Å². The number of piperidine rings is 1. The molecule has 2 aromatic rings. The Hall–Kier alpha value is -2.19. The van der Waals surface area contributed by atoms with Crippen LogP contribution in [0, 0.1) is 12.8 Å². The second kappa shape index (κ2) is 7.82. The van der Waals surface area contributed by atoms with Crippen LogP contribution in [0.2, 0.25) is 0 Å². The molecule has 1 amide bonds. The van der Waals surface area contributed by atoms with Gasteiger partial charge in [0.05, 0.1) is 0 Å². The molecule has 3 rings (SSSR count). The van der Waals surface area contributed by atoms with Gasteiger partial charge in [0.15, 0.2) is 5.03 Å². The van der Waals surface area contributed by atoms with Gasteiger partial charge in [-0.15, -0.1) is 0 Å². The number of anilines is 1. The van der Waals surface area contributed by atoms with Crippen molar-refractivity contribution in [2.45, 2.75) is 38.1 Å². The van der Waals surface area contributed by atoms with Gasteiger partial charge in [-0.25, -0.2) is 13.4 Å². The summed E-state index contributed by atoms with van der Waals surface area (Å²) in [6, 6.07) is 7.80. The Bertz CT molecular complexity index is 891. The number of carbonyl (C=O) groups excluding carboxylic acids is 1. The van der Waals surface area contributed by atoms with Gasteiger partial charge >= 0.3 is 0 Å². The van der Waals surface area contributed by atoms with Crippen molar-refractivity contribution in [1.82, 2.24) is 13.9 Å².